The van der Waals surface area contributed by atoms with Crippen LogP contribution < -0.4 is 11.4 Å². The maximum absolute atomic E-state index is 14.2. The molecule has 9 heteroatoms. The number of rotatable bonds is 3. The molecule has 3 unspecified atom stereocenters. The Kier molecular flexibility index (Phi) is 5.06. The smallest absolute Gasteiger partial charge is 0.351 e. The standard InChI is InChI=1S/C12H12F2IN3O3/c13-3-7-8(5-19)21-11(9(7)14)18-4-6(1-2-15)10(16)17-12(18)20/h1-4,8-9,11,19H,5H2,(H2,16,17,20)/b2-1+,7-3-. The first-order valence-electron chi connectivity index (χ1n) is 5.89. The third kappa shape index (κ3) is 2.99. The van der Waals surface area contributed by atoms with Crippen LogP contribution >= 0.6 is 22.6 Å². The van der Waals surface area contributed by atoms with E-state index in [1.54, 1.807) is 10.2 Å². The molecule has 0 radical (unpaired) electrons. The SMILES string of the molecule is Nc1nc(=O)n(C2OC(CO)/C(=C/F)C2F)cc1/C=C/I. The molecule has 2 rings (SSSR count). The second kappa shape index (κ2) is 6.62. The molecular formula is C12H12F2IN3O3. The van der Waals surface area contributed by atoms with E-state index in [1.807, 2.05) is 22.6 Å². The molecule has 0 amide bonds. The van der Waals surface area contributed by atoms with Gasteiger partial charge in [0.25, 0.3) is 0 Å². The van der Waals surface area contributed by atoms with Gasteiger partial charge in [0, 0.05) is 17.3 Å². The molecule has 114 valence electrons. The number of aliphatic hydroxyl groups is 1. The van der Waals surface area contributed by atoms with Crippen LogP contribution in [0, 0.1) is 0 Å². The summed E-state index contributed by atoms with van der Waals surface area (Å²) in [5, 5.41) is 9.07. The average Bonchev–Trinajstić information content (AvgIpc) is 2.78. The lowest BCUT2D eigenvalue weighted by Gasteiger charge is -2.16. The van der Waals surface area contributed by atoms with E-state index in [-0.39, 0.29) is 17.7 Å². The zero-order valence-corrected chi connectivity index (χ0v) is 12.8. The van der Waals surface area contributed by atoms with Crippen LogP contribution in [0.1, 0.15) is 11.8 Å². The summed E-state index contributed by atoms with van der Waals surface area (Å²) in [6.07, 6.45) is -1.52. The molecule has 3 atom stereocenters. The van der Waals surface area contributed by atoms with Crippen LogP contribution in [0.15, 0.2) is 27.0 Å². The van der Waals surface area contributed by atoms with Crippen molar-refractivity contribution in [2.75, 3.05) is 12.3 Å². The fourth-order valence-electron chi connectivity index (χ4n) is 2.02. The maximum Gasteiger partial charge on any atom is 0.351 e. The van der Waals surface area contributed by atoms with Crippen LogP contribution in [0.2, 0.25) is 0 Å². The summed E-state index contributed by atoms with van der Waals surface area (Å²) in [5.74, 6) is -0.00228. The molecule has 1 aromatic heterocycles. The summed E-state index contributed by atoms with van der Waals surface area (Å²) in [4.78, 5) is 15.4. The molecular weight excluding hydrogens is 399 g/mol. The Morgan fingerprint density at radius 2 is 2.33 bits per heavy atom. The molecule has 1 saturated heterocycles. The highest BCUT2D eigenvalue weighted by atomic mass is 127. The highest BCUT2D eigenvalue weighted by Gasteiger charge is 2.42. The van der Waals surface area contributed by atoms with Crippen LogP contribution in [0.4, 0.5) is 14.6 Å². The van der Waals surface area contributed by atoms with E-state index in [4.69, 9.17) is 15.6 Å². The first kappa shape index (κ1) is 16.0. The molecule has 6 nitrogen and oxygen atoms in total. The van der Waals surface area contributed by atoms with E-state index in [9.17, 15) is 13.6 Å². The lowest BCUT2D eigenvalue weighted by atomic mass is 10.1. The van der Waals surface area contributed by atoms with Crippen molar-refractivity contribution in [2.45, 2.75) is 18.5 Å². The Balaban J connectivity index is 2.47. The molecule has 1 aliphatic heterocycles. The van der Waals surface area contributed by atoms with Gasteiger partial charge in [-0.3, -0.25) is 4.57 Å². The van der Waals surface area contributed by atoms with E-state index >= 15 is 0 Å². The zero-order valence-electron chi connectivity index (χ0n) is 10.6. The predicted molar refractivity (Wildman–Crippen MR) is 81.0 cm³/mol. The van der Waals surface area contributed by atoms with E-state index in [1.165, 1.54) is 6.20 Å². The van der Waals surface area contributed by atoms with Crippen molar-refractivity contribution in [1.29, 1.82) is 0 Å². The van der Waals surface area contributed by atoms with Gasteiger partial charge in [0.1, 0.15) is 11.9 Å². The van der Waals surface area contributed by atoms with Gasteiger partial charge in [0.15, 0.2) is 12.4 Å². The van der Waals surface area contributed by atoms with Crippen molar-refractivity contribution >= 4 is 34.5 Å². The lowest BCUT2D eigenvalue weighted by Crippen LogP contribution is -2.31. The highest BCUT2D eigenvalue weighted by Crippen LogP contribution is 2.35. The monoisotopic (exact) mass is 411 g/mol. The molecule has 1 fully saturated rings. The molecule has 0 bridgehead atoms. The summed E-state index contributed by atoms with van der Waals surface area (Å²) in [6, 6.07) is 0. The number of aromatic nitrogens is 2. The van der Waals surface area contributed by atoms with E-state index in [0.717, 1.165) is 4.57 Å². The van der Waals surface area contributed by atoms with Crippen molar-refractivity contribution in [3.8, 4) is 0 Å². The van der Waals surface area contributed by atoms with Crippen LogP contribution in [-0.4, -0.2) is 33.5 Å². The van der Waals surface area contributed by atoms with Gasteiger partial charge in [-0.15, -0.1) is 0 Å². The highest BCUT2D eigenvalue weighted by molar-refractivity contribution is 14.1. The van der Waals surface area contributed by atoms with Gasteiger partial charge >= 0.3 is 5.69 Å². The number of aliphatic hydroxyl groups excluding tert-OH is 1. The Morgan fingerprint density at radius 1 is 1.62 bits per heavy atom. The molecule has 1 aromatic rings. The number of alkyl halides is 1. The fraction of sp³-hybridized carbons (Fsp3) is 0.333. The summed E-state index contributed by atoms with van der Waals surface area (Å²) in [6.45, 7) is -0.593. The number of nitrogen functional groups attached to an aromatic ring is 1. The quantitative estimate of drug-likeness (QED) is 0.733. The van der Waals surface area contributed by atoms with Gasteiger partial charge in [-0.2, -0.15) is 4.98 Å². The predicted octanol–water partition coefficient (Wildman–Crippen LogP) is 1.31. The van der Waals surface area contributed by atoms with E-state index in [0.29, 0.717) is 5.56 Å². The van der Waals surface area contributed by atoms with Gasteiger partial charge in [0.2, 0.25) is 0 Å². The van der Waals surface area contributed by atoms with Crippen LogP contribution in [-0.2, 0) is 4.74 Å². The number of hydrogen-bond donors (Lipinski definition) is 2. The van der Waals surface area contributed by atoms with Crippen molar-refractivity contribution in [3.63, 3.8) is 0 Å². The topological polar surface area (TPSA) is 90.4 Å². The number of hydrogen-bond acceptors (Lipinski definition) is 5. The minimum Gasteiger partial charge on any atom is -0.393 e. The van der Waals surface area contributed by atoms with E-state index in [2.05, 4.69) is 4.98 Å². The number of nitrogens with two attached hydrogens (primary N) is 1. The second-order valence-electron chi connectivity index (χ2n) is 4.27. The van der Waals surface area contributed by atoms with Crippen LogP contribution in [0.3, 0.4) is 0 Å². The number of halogens is 3. The maximum atomic E-state index is 14.2. The van der Waals surface area contributed by atoms with Crippen molar-refractivity contribution in [3.05, 3.63) is 38.2 Å². The van der Waals surface area contributed by atoms with Gasteiger partial charge in [0.05, 0.1) is 12.9 Å². The molecule has 0 spiro atoms. The first-order valence-corrected chi connectivity index (χ1v) is 7.14. The molecule has 0 aromatic carbocycles. The second-order valence-corrected chi connectivity index (χ2v) is 4.99. The van der Waals surface area contributed by atoms with Gasteiger partial charge < -0.3 is 15.6 Å². The molecule has 1 aliphatic rings. The van der Waals surface area contributed by atoms with Crippen LogP contribution in [0.25, 0.3) is 6.08 Å². The number of anilines is 1. The van der Waals surface area contributed by atoms with Gasteiger partial charge in [-0.25, -0.2) is 13.6 Å². The Labute approximate surface area is 132 Å². The number of nitrogens with zero attached hydrogens (tertiary/aromatic N) is 2. The van der Waals surface area contributed by atoms with Crippen molar-refractivity contribution < 1.29 is 18.6 Å². The third-order valence-corrected chi connectivity index (χ3v) is 3.42. The summed E-state index contributed by atoms with van der Waals surface area (Å²) in [5.41, 5.74) is 4.83. The van der Waals surface area contributed by atoms with E-state index < -0.39 is 30.8 Å². The summed E-state index contributed by atoms with van der Waals surface area (Å²) in [7, 11) is 0. The third-order valence-electron chi connectivity index (χ3n) is 3.06. The lowest BCUT2D eigenvalue weighted by molar-refractivity contribution is -0.0375. The Bertz CT molecular complexity index is 647. The molecule has 21 heavy (non-hydrogen) atoms. The van der Waals surface area contributed by atoms with Gasteiger partial charge in [-0.05, 0) is 10.2 Å². The average molecular weight is 411 g/mol. The Hall–Kier alpha value is -1.33. The van der Waals surface area contributed by atoms with Gasteiger partial charge in [-0.1, -0.05) is 22.6 Å². The summed E-state index contributed by atoms with van der Waals surface area (Å²) >= 11 is 1.95. The molecule has 2 heterocycles. The molecule has 3 N–H and O–H groups in total. The Morgan fingerprint density at radius 3 is 2.86 bits per heavy atom. The number of ether oxygens (including phenoxy) is 1. The fourth-order valence-corrected chi connectivity index (χ4v) is 2.41. The minimum atomic E-state index is -1.90. The van der Waals surface area contributed by atoms with Crippen molar-refractivity contribution in [2.24, 2.45) is 0 Å². The minimum absolute atomic E-state index is 0.00228. The zero-order chi connectivity index (χ0) is 15.6. The normalized spacial score (nSPS) is 27.8. The van der Waals surface area contributed by atoms with Crippen LogP contribution in [0.5, 0.6) is 0 Å². The largest absolute Gasteiger partial charge is 0.393 e. The molecule has 0 aliphatic carbocycles. The van der Waals surface area contributed by atoms with Crippen molar-refractivity contribution in [1.82, 2.24) is 9.55 Å². The first-order chi connectivity index (χ1) is 10.0. The summed E-state index contributed by atoms with van der Waals surface area (Å²) < 4.78 is 34.6. The molecule has 0 saturated carbocycles.